The second kappa shape index (κ2) is 6.84. The lowest BCUT2D eigenvalue weighted by molar-refractivity contribution is -0.688. The monoisotopic (exact) mass is 347 g/mol. The van der Waals surface area contributed by atoms with Gasteiger partial charge in [0.25, 0.3) is 5.56 Å². The van der Waals surface area contributed by atoms with E-state index in [1.807, 2.05) is 47.3 Å². The van der Waals surface area contributed by atoms with Gasteiger partial charge in [-0.1, -0.05) is 29.5 Å². The molecule has 0 saturated heterocycles. The minimum Gasteiger partial charge on any atom is -0.267 e. The molecular weight excluding hydrogens is 331 g/mol. The molecule has 0 fully saturated rings. The summed E-state index contributed by atoms with van der Waals surface area (Å²) in [4.78, 5) is 12.5. The number of hydrogen-bond donors (Lipinski definition) is 0. The first-order valence-electron chi connectivity index (χ1n) is 8.24. The average Bonchev–Trinajstić information content (AvgIpc) is 2.67. The van der Waals surface area contributed by atoms with Crippen molar-refractivity contribution in [1.29, 1.82) is 0 Å². The van der Waals surface area contributed by atoms with E-state index < -0.39 is 0 Å². The summed E-state index contributed by atoms with van der Waals surface area (Å²) in [7, 11) is 0. The standard InChI is InChI=1S/C20H16FN4O/c21-18-7-3-1-5-16(18)14-24-11-9-15(10-12-24)13-25-20(26)17-6-2-4-8-19(17)22-23-25/h1-12H,13-14H2/q+1. The van der Waals surface area contributed by atoms with Crippen molar-refractivity contribution in [3.05, 3.63) is 100 Å². The Kier molecular flexibility index (Phi) is 4.23. The van der Waals surface area contributed by atoms with Crippen LogP contribution < -0.4 is 10.1 Å². The summed E-state index contributed by atoms with van der Waals surface area (Å²) in [5.74, 6) is -0.220. The number of rotatable bonds is 4. The van der Waals surface area contributed by atoms with Crippen LogP contribution in [0.5, 0.6) is 0 Å². The first-order valence-corrected chi connectivity index (χ1v) is 8.24. The van der Waals surface area contributed by atoms with Crippen LogP contribution >= 0.6 is 0 Å². The topological polar surface area (TPSA) is 51.7 Å². The maximum atomic E-state index is 13.7. The Morgan fingerprint density at radius 3 is 2.50 bits per heavy atom. The third-order valence-corrected chi connectivity index (χ3v) is 4.23. The molecule has 0 unspecified atom stereocenters. The molecular formula is C20H16FN4O+. The molecule has 0 amide bonds. The van der Waals surface area contributed by atoms with E-state index in [2.05, 4.69) is 10.3 Å². The predicted molar refractivity (Wildman–Crippen MR) is 95.0 cm³/mol. The second-order valence-electron chi connectivity index (χ2n) is 6.04. The van der Waals surface area contributed by atoms with Crippen molar-refractivity contribution in [2.45, 2.75) is 13.1 Å². The summed E-state index contributed by atoms with van der Waals surface area (Å²) in [5, 5.41) is 8.64. The molecule has 4 aromatic rings. The molecule has 2 aromatic carbocycles. The van der Waals surface area contributed by atoms with E-state index in [0.717, 1.165) is 5.56 Å². The van der Waals surface area contributed by atoms with E-state index in [-0.39, 0.29) is 11.4 Å². The number of aromatic nitrogens is 4. The van der Waals surface area contributed by atoms with E-state index in [0.29, 0.717) is 29.6 Å². The SMILES string of the molecule is O=c1c2ccccc2nnn1Cc1cc[n+](Cc2ccccc2F)cc1. The maximum absolute atomic E-state index is 13.7. The highest BCUT2D eigenvalue weighted by Gasteiger charge is 2.09. The van der Waals surface area contributed by atoms with Crippen LogP contribution in [0.2, 0.25) is 0 Å². The van der Waals surface area contributed by atoms with Crippen LogP contribution in [0.1, 0.15) is 11.1 Å². The smallest absolute Gasteiger partial charge is 0.267 e. The van der Waals surface area contributed by atoms with Crippen LogP contribution in [-0.2, 0) is 13.1 Å². The molecule has 0 bridgehead atoms. The highest BCUT2D eigenvalue weighted by Crippen LogP contribution is 2.07. The number of hydrogen-bond acceptors (Lipinski definition) is 3. The molecule has 26 heavy (non-hydrogen) atoms. The Morgan fingerprint density at radius 2 is 1.69 bits per heavy atom. The van der Waals surface area contributed by atoms with Crippen molar-refractivity contribution >= 4 is 10.9 Å². The number of halogens is 1. The molecule has 0 N–H and O–H groups in total. The molecule has 0 aliphatic carbocycles. The summed E-state index contributed by atoms with van der Waals surface area (Å²) in [6.07, 6.45) is 3.72. The zero-order valence-electron chi connectivity index (χ0n) is 13.9. The molecule has 2 heterocycles. The van der Waals surface area contributed by atoms with Gasteiger partial charge in [0, 0.05) is 12.1 Å². The van der Waals surface area contributed by atoms with Gasteiger partial charge in [0.2, 0.25) is 0 Å². The maximum Gasteiger partial charge on any atom is 0.277 e. The lowest BCUT2D eigenvalue weighted by atomic mass is 10.2. The van der Waals surface area contributed by atoms with Crippen molar-refractivity contribution in [2.75, 3.05) is 0 Å². The van der Waals surface area contributed by atoms with Gasteiger partial charge in [-0.25, -0.2) is 13.6 Å². The molecule has 6 heteroatoms. The van der Waals surface area contributed by atoms with Gasteiger partial charge >= 0.3 is 0 Å². The van der Waals surface area contributed by atoms with Crippen LogP contribution in [-0.4, -0.2) is 15.0 Å². The fraction of sp³-hybridized carbons (Fsp3) is 0.100. The highest BCUT2D eigenvalue weighted by atomic mass is 19.1. The fourth-order valence-corrected chi connectivity index (χ4v) is 2.82. The molecule has 128 valence electrons. The molecule has 0 spiro atoms. The van der Waals surface area contributed by atoms with Crippen LogP contribution in [0, 0.1) is 5.82 Å². The van der Waals surface area contributed by atoms with Gasteiger partial charge in [-0.05, 0) is 29.8 Å². The molecule has 0 saturated carbocycles. The lowest BCUT2D eigenvalue weighted by Gasteiger charge is -2.05. The zero-order valence-corrected chi connectivity index (χ0v) is 13.9. The van der Waals surface area contributed by atoms with Gasteiger partial charge in [-0.2, -0.15) is 0 Å². The third kappa shape index (κ3) is 3.21. The van der Waals surface area contributed by atoms with Crippen LogP contribution in [0.25, 0.3) is 10.9 Å². The zero-order chi connectivity index (χ0) is 17.9. The first kappa shape index (κ1) is 16.1. The van der Waals surface area contributed by atoms with E-state index in [1.165, 1.54) is 10.7 Å². The number of fused-ring (bicyclic) bond motifs is 1. The van der Waals surface area contributed by atoms with Crippen molar-refractivity contribution in [2.24, 2.45) is 0 Å². The normalized spacial score (nSPS) is 11.0. The summed E-state index contributed by atoms with van der Waals surface area (Å²) in [6.45, 7) is 0.778. The van der Waals surface area contributed by atoms with Gasteiger partial charge in [-0.3, -0.25) is 4.79 Å². The Morgan fingerprint density at radius 1 is 0.962 bits per heavy atom. The van der Waals surface area contributed by atoms with Crippen LogP contribution in [0.3, 0.4) is 0 Å². The van der Waals surface area contributed by atoms with Gasteiger partial charge in [0.1, 0.15) is 11.3 Å². The quantitative estimate of drug-likeness (QED) is 0.533. The van der Waals surface area contributed by atoms with Crippen molar-refractivity contribution < 1.29 is 8.96 Å². The van der Waals surface area contributed by atoms with Gasteiger partial charge < -0.3 is 0 Å². The molecule has 0 atom stereocenters. The van der Waals surface area contributed by atoms with Gasteiger partial charge in [0.05, 0.1) is 17.5 Å². The summed E-state index contributed by atoms with van der Waals surface area (Å²) >= 11 is 0. The molecule has 4 rings (SSSR count). The van der Waals surface area contributed by atoms with Crippen molar-refractivity contribution in [3.63, 3.8) is 0 Å². The minimum absolute atomic E-state index is 0.168. The average molecular weight is 347 g/mol. The largest absolute Gasteiger partial charge is 0.277 e. The Balaban J connectivity index is 1.56. The molecule has 0 radical (unpaired) electrons. The van der Waals surface area contributed by atoms with Crippen LogP contribution in [0.15, 0.2) is 77.9 Å². The van der Waals surface area contributed by atoms with Crippen molar-refractivity contribution in [1.82, 2.24) is 15.0 Å². The molecule has 0 aliphatic rings. The summed E-state index contributed by atoms with van der Waals surface area (Å²) in [6, 6.07) is 17.6. The van der Waals surface area contributed by atoms with Gasteiger partial charge in [-0.15, -0.1) is 5.10 Å². The van der Waals surface area contributed by atoms with Gasteiger partial charge in [0.15, 0.2) is 18.9 Å². The van der Waals surface area contributed by atoms with E-state index in [9.17, 15) is 9.18 Å². The Labute approximate surface area is 149 Å². The summed E-state index contributed by atoms with van der Waals surface area (Å²) in [5.41, 5.74) is 1.96. The first-order chi connectivity index (χ1) is 12.7. The highest BCUT2D eigenvalue weighted by molar-refractivity contribution is 5.76. The van der Waals surface area contributed by atoms with E-state index in [1.54, 1.807) is 24.3 Å². The fourth-order valence-electron chi connectivity index (χ4n) is 2.82. The molecule has 5 nitrogen and oxygen atoms in total. The predicted octanol–water partition coefficient (Wildman–Crippen LogP) is 2.31. The van der Waals surface area contributed by atoms with Crippen LogP contribution in [0.4, 0.5) is 4.39 Å². The number of nitrogens with zero attached hydrogens (tertiary/aromatic N) is 4. The van der Waals surface area contributed by atoms with Crippen molar-refractivity contribution in [3.8, 4) is 0 Å². The summed E-state index contributed by atoms with van der Waals surface area (Å²) < 4.78 is 17.0. The minimum atomic E-state index is -0.220. The molecule has 2 aromatic heterocycles. The second-order valence-corrected chi connectivity index (χ2v) is 6.04. The van der Waals surface area contributed by atoms with E-state index in [4.69, 9.17) is 0 Å². The van der Waals surface area contributed by atoms with E-state index >= 15 is 0 Å². The Bertz CT molecular complexity index is 1120. The number of benzene rings is 2. The Hall–Kier alpha value is -3.41. The molecule has 0 aliphatic heterocycles. The number of pyridine rings is 1. The third-order valence-electron chi connectivity index (χ3n) is 4.23. The lowest BCUT2D eigenvalue weighted by Crippen LogP contribution is -2.34.